The van der Waals surface area contributed by atoms with Gasteiger partial charge in [-0.15, -0.1) is 0 Å². The molecule has 0 bridgehead atoms. The van der Waals surface area contributed by atoms with Crippen LogP contribution in [0.2, 0.25) is 0 Å². The first kappa shape index (κ1) is 34.3. The molecular weight excluding hydrogens is 541 g/mol. The van der Waals surface area contributed by atoms with Crippen molar-refractivity contribution in [3.8, 4) is 5.75 Å². The van der Waals surface area contributed by atoms with Gasteiger partial charge in [-0.3, -0.25) is 9.78 Å². The molecule has 0 spiro atoms. The van der Waals surface area contributed by atoms with Crippen molar-refractivity contribution in [1.82, 2.24) is 9.88 Å². The van der Waals surface area contributed by atoms with Crippen LogP contribution in [0.4, 0.5) is 27.6 Å². The van der Waals surface area contributed by atoms with Gasteiger partial charge in [0.05, 0.1) is 23.5 Å². The minimum atomic E-state index is -5.84. The molecule has 41 heavy (non-hydrogen) atoms. The molecule has 0 aliphatic heterocycles. The predicted molar refractivity (Wildman–Crippen MR) is 152 cm³/mol. The lowest BCUT2D eigenvalue weighted by Crippen LogP contribution is -2.47. The van der Waals surface area contributed by atoms with Crippen molar-refractivity contribution >= 4 is 11.6 Å². The zero-order chi connectivity index (χ0) is 30.8. The number of hydrogen-bond donors (Lipinski definition) is 1. The lowest BCUT2D eigenvalue weighted by Gasteiger charge is -2.41. The molecule has 1 heterocycles. The Labute approximate surface area is 240 Å². The first-order chi connectivity index (χ1) is 19.1. The van der Waals surface area contributed by atoms with Crippen LogP contribution in [0.5, 0.6) is 5.75 Å². The predicted octanol–water partition coefficient (Wildman–Crippen LogP) is 9.48. The monoisotopic (exact) mass is 585 g/mol. The van der Waals surface area contributed by atoms with Crippen LogP contribution in [-0.2, 0) is 0 Å². The number of carbonyl (C=O) groups is 1. The molecule has 230 valence electrons. The lowest BCUT2D eigenvalue weighted by atomic mass is 9.96. The van der Waals surface area contributed by atoms with Crippen LogP contribution in [0, 0.1) is 6.92 Å². The quantitative estimate of drug-likeness (QED) is 0.167. The van der Waals surface area contributed by atoms with Crippen LogP contribution in [0.3, 0.4) is 0 Å². The van der Waals surface area contributed by atoms with Crippen LogP contribution in [-0.4, -0.2) is 40.2 Å². The van der Waals surface area contributed by atoms with Gasteiger partial charge in [0.2, 0.25) is 0 Å². The number of amides is 1. The molecule has 1 aromatic carbocycles. The molecule has 1 unspecified atom stereocenters. The molecule has 10 heteroatoms. The zero-order valence-corrected chi connectivity index (χ0v) is 25.0. The number of anilines is 1. The van der Waals surface area contributed by atoms with E-state index in [1.54, 1.807) is 31.0 Å². The molecule has 0 fully saturated rings. The van der Waals surface area contributed by atoms with Crippen molar-refractivity contribution in [1.29, 1.82) is 0 Å². The highest BCUT2D eigenvalue weighted by Crippen LogP contribution is 2.38. The highest BCUT2D eigenvalue weighted by molar-refractivity contribution is 6.00. The summed E-state index contributed by atoms with van der Waals surface area (Å²) >= 11 is 0. The maximum absolute atomic E-state index is 14.0. The van der Waals surface area contributed by atoms with Crippen LogP contribution in [0.1, 0.15) is 114 Å². The van der Waals surface area contributed by atoms with Crippen LogP contribution < -0.4 is 10.1 Å². The summed E-state index contributed by atoms with van der Waals surface area (Å²) in [5.41, 5.74) is 1.67. The van der Waals surface area contributed by atoms with E-state index in [0.29, 0.717) is 29.1 Å². The summed E-state index contributed by atoms with van der Waals surface area (Å²) in [7, 11) is 0. The summed E-state index contributed by atoms with van der Waals surface area (Å²) in [6.07, 6.45) is 0.0367. The third-order valence-electron chi connectivity index (χ3n) is 6.88. The van der Waals surface area contributed by atoms with Crippen LogP contribution in [0.15, 0.2) is 36.5 Å². The fourth-order valence-electron chi connectivity index (χ4n) is 4.72. The topological polar surface area (TPSA) is 54.5 Å². The Balaban J connectivity index is 2.17. The summed E-state index contributed by atoms with van der Waals surface area (Å²) in [5.74, 6) is -0.882. The van der Waals surface area contributed by atoms with E-state index >= 15 is 0 Å². The number of ether oxygens (including phenoxy) is 1. The Bertz CT molecular complexity index is 1100. The number of aromatic nitrogens is 1. The molecule has 0 aliphatic carbocycles. The van der Waals surface area contributed by atoms with Crippen LogP contribution in [0.25, 0.3) is 0 Å². The largest absolute Gasteiger partial charge is 0.499 e. The summed E-state index contributed by atoms with van der Waals surface area (Å²) < 4.78 is 68.1. The van der Waals surface area contributed by atoms with Gasteiger partial charge in [-0.1, -0.05) is 64.0 Å². The van der Waals surface area contributed by atoms with E-state index < -0.39 is 29.6 Å². The summed E-state index contributed by atoms with van der Waals surface area (Å²) in [5, 5.41) is 3.37. The Morgan fingerprint density at radius 2 is 1.51 bits per heavy atom. The first-order valence-electron chi connectivity index (χ1n) is 14.4. The molecule has 0 radical (unpaired) electrons. The van der Waals surface area contributed by atoms with E-state index in [1.807, 2.05) is 20.8 Å². The van der Waals surface area contributed by atoms with E-state index in [1.165, 1.54) is 50.7 Å². The van der Waals surface area contributed by atoms with Gasteiger partial charge in [-0.2, -0.15) is 22.0 Å². The number of nitrogens with zero attached hydrogens (tertiary/aromatic N) is 2. The van der Waals surface area contributed by atoms with Crippen molar-refractivity contribution in [3.63, 3.8) is 0 Å². The maximum Gasteiger partial charge on any atom is 0.499 e. The fraction of sp³-hybridized carbons (Fsp3) is 0.613. The molecule has 2 aromatic rings. The smallest absolute Gasteiger partial charge is 0.426 e. The second-order valence-electron chi connectivity index (χ2n) is 11.5. The second kappa shape index (κ2) is 14.8. The van der Waals surface area contributed by atoms with Gasteiger partial charge in [0.1, 0.15) is 5.75 Å². The van der Waals surface area contributed by atoms with Gasteiger partial charge in [-0.05, 0) is 64.8 Å². The number of nitrogens with one attached hydrogen (secondary N) is 1. The standard InChI is InChI=1S/C31H44F5N3O2/c1-7-8-9-10-11-12-13-14-19-37-27-21-38-22(2)20-26(27)28(40)39(29(4,5)6)23(3)24-15-17-25(18-16-24)41-31(35,36)30(32,33)34/h15-18,20-21,23,37H,7-14,19H2,1-6H3. The molecule has 1 amide bonds. The molecule has 2 rings (SSSR count). The van der Waals surface area contributed by atoms with Crippen molar-refractivity contribution in [3.05, 3.63) is 53.3 Å². The first-order valence-corrected chi connectivity index (χ1v) is 14.4. The molecule has 1 aromatic heterocycles. The Hall–Kier alpha value is -2.91. The number of pyridine rings is 1. The van der Waals surface area contributed by atoms with Crippen molar-refractivity contribution in [2.45, 2.75) is 117 Å². The van der Waals surface area contributed by atoms with Crippen molar-refractivity contribution in [2.24, 2.45) is 0 Å². The minimum absolute atomic E-state index is 0.252. The normalized spacial score (nSPS) is 13.1. The fourth-order valence-corrected chi connectivity index (χ4v) is 4.72. The van der Waals surface area contributed by atoms with E-state index in [2.05, 4.69) is 22.0 Å². The number of hydrogen-bond acceptors (Lipinski definition) is 4. The molecule has 0 saturated carbocycles. The molecule has 0 saturated heterocycles. The lowest BCUT2D eigenvalue weighted by molar-refractivity contribution is -0.360. The number of carbonyl (C=O) groups excluding carboxylic acids is 1. The van der Waals surface area contributed by atoms with Crippen LogP contribution >= 0.6 is 0 Å². The number of rotatable bonds is 15. The molecule has 5 nitrogen and oxygen atoms in total. The van der Waals surface area contributed by atoms with Crippen molar-refractivity contribution in [2.75, 3.05) is 11.9 Å². The third-order valence-corrected chi connectivity index (χ3v) is 6.88. The maximum atomic E-state index is 14.0. The molecular formula is C31H44F5N3O2. The molecule has 0 aliphatic rings. The number of halogens is 5. The zero-order valence-electron chi connectivity index (χ0n) is 25.0. The van der Waals surface area contributed by atoms with E-state index in [-0.39, 0.29) is 5.91 Å². The number of benzene rings is 1. The number of alkyl halides is 5. The summed E-state index contributed by atoms with van der Waals surface area (Å²) in [4.78, 5) is 20.1. The SMILES string of the molecule is CCCCCCCCCCNc1cnc(C)cc1C(=O)N(C(C)c1ccc(OC(F)(F)C(F)(F)F)cc1)C(C)(C)C. The van der Waals surface area contributed by atoms with E-state index in [0.717, 1.165) is 25.0 Å². The number of aryl methyl sites for hydroxylation is 1. The Morgan fingerprint density at radius 1 is 0.951 bits per heavy atom. The van der Waals surface area contributed by atoms with E-state index in [4.69, 9.17) is 0 Å². The van der Waals surface area contributed by atoms with Crippen molar-refractivity contribution < 1.29 is 31.5 Å². The van der Waals surface area contributed by atoms with E-state index in [9.17, 15) is 26.7 Å². The average molecular weight is 586 g/mol. The van der Waals surface area contributed by atoms with Gasteiger partial charge < -0.3 is 15.0 Å². The minimum Gasteiger partial charge on any atom is -0.426 e. The number of unbranched alkanes of at least 4 members (excludes halogenated alkanes) is 7. The Morgan fingerprint density at radius 3 is 2.05 bits per heavy atom. The Kier molecular flexibility index (Phi) is 12.4. The van der Waals surface area contributed by atoms with Gasteiger partial charge in [0.25, 0.3) is 5.91 Å². The summed E-state index contributed by atoms with van der Waals surface area (Å²) in [6.45, 7) is 12.1. The molecule has 1 N–H and O–H groups in total. The van der Waals surface area contributed by atoms with Gasteiger partial charge in [0.15, 0.2) is 0 Å². The second-order valence-corrected chi connectivity index (χ2v) is 11.5. The van der Waals surface area contributed by atoms with Gasteiger partial charge in [-0.25, -0.2) is 0 Å². The molecule has 1 atom stereocenters. The summed E-state index contributed by atoms with van der Waals surface area (Å²) in [6, 6.07) is 6.07. The van der Waals surface area contributed by atoms with Gasteiger partial charge >= 0.3 is 12.3 Å². The average Bonchev–Trinajstić information content (AvgIpc) is 2.87. The highest BCUT2D eigenvalue weighted by Gasteiger charge is 2.61. The third kappa shape index (κ3) is 10.1. The van der Waals surface area contributed by atoms with Gasteiger partial charge in [0, 0.05) is 17.8 Å². The highest BCUT2D eigenvalue weighted by atomic mass is 19.4.